The fourth-order valence-corrected chi connectivity index (χ4v) is 3.11. The number of sulfonamides is 1. The maximum Gasteiger partial charge on any atom is 0.492 e. The molecule has 1 saturated heterocycles. The van der Waals surface area contributed by atoms with Gasteiger partial charge in [-0.25, -0.2) is 22.6 Å². The van der Waals surface area contributed by atoms with Crippen LogP contribution in [0.2, 0.25) is 5.02 Å². The summed E-state index contributed by atoms with van der Waals surface area (Å²) in [6.45, 7) is 0.593. The second kappa shape index (κ2) is 8.12. The number of halogens is 5. The first kappa shape index (κ1) is 21.6. The Bertz CT molecular complexity index is 800. The van der Waals surface area contributed by atoms with Crippen LogP contribution in [0.5, 0.6) is 5.88 Å². The minimum absolute atomic E-state index is 0.214. The van der Waals surface area contributed by atoms with Crippen LogP contribution >= 0.6 is 11.6 Å². The summed E-state index contributed by atoms with van der Waals surface area (Å²) in [6, 6.07) is 0.807. The van der Waals surface area contributed by atoms with Gasteiger partial charge in [-0.1, -0.05) is 11.6 Å². The van der Waals surface area contributed by atoms with Crippen molar-refractivity contribution in [2.75, 3.05) is 19.7 Å². The number of ether oxygens (including phenoxy) is 1. The van der Waals surface area contributed by atoms with Crippen molar-refractivity contribution in [3.63, 3.8) is 0 Å². The lowest BCUT2D eigenvalue weighted by atomic mass is 9.96. The molecule has 0 saturated carbocycles. The minimum atomic E-state index is -5.38. The molecule has 0 amide bonds. The smallest absolute Gasteiger partial charge is 0.473 e. The third-order valence-electron chi connectivity index (χ3n) is 3.54. The third kappa shape index (κ3) is 5.89. The van der Waals surface area contributed by atoms with Crippen molar-refractivity contribution in [2.24, 2.45) is 0 Å². The van der Waals surface area contributed by atoms with Gasteiger partial charge in [-0.3, -0.25) is 0 Å². The van der Waals surface area contributed by atoms with Crippen LogP contribution in [0.25, 0.3) is 0 Å². The maximum absolute atomic E-state index is 14.4. The van der Waals surface area contributed by atoms with Crippen molar-refractivity contribution in [2.45, 2.75) is 29.6 Å². The number of rotatable bonds is 6. The third-order valence-corrected chi connectivity index (χ3v) is 4.95. The second-order valence-corrected chi connectivity index (χ2v) is 7.67. The molecule has 1 fully saturated rings. The summed E-state index contributed by atoms with van der Waals surface area (Å²) in [5.41, 5.74) is -1.59. The van der Waals surface area contributed by atoms with Gasteiger partial charge < -0.3 is 14.9 Å². The molecule has 152 valence electrons. The van der Waals surface area contributed by atoms with Crippen molar-refractivity contribution in [3.8, 4) is 5.88 Å². The minimum Gasteiger partial charge on any atom is -0.473 e. The van der Waals surface area contributed by atoms with Gasteiger partial charge >= 0.3 is 12.1 Å². The van der Waals surface area contributed by atoms with Gasteiger partial charge in [0.05, 0.1) is 6.20 Å². The number of alkyl halides is 4. The summed E-state index contributed by atoms with van der Waals surface area (Å²) in [6.07, 6.45) is -4.25. The zero-order valence-electron chi connectivity index (χ0n) is 13.5. The van der Waals surface area contributed by atoms with Crippen LogP contribution in [0.4, 0.5) is 17.6 Å². The maximum atomic E-state index is 14.4. The lowest BCUT2D eigenvalue weighted by Crippen LogP contribution is -2.42. The van der Waals surface area contributed by atoms with Crippen molar-refractivity contribution < 1.29 is 40.3 Å². The molecule has 1 aliphatic heterocycles. The predicted molar refractivity (Wildman–Crippen MR) is 83.2 cm³/mol. The summed E-state index contributed by atoms with van der Waals surface area (Å²) >= 11 is 5.83. The molecule has 8 nitrogen and oxygen atoms in total. The van der Waals surface area contributed by atoms with Crippen LogP contribution in [-0.2, 0) is 19.7 Å². The summed E-state index contributed by atoms with van der Waals surface area (Å²) < 4.78 is 79.3. The number of piperidine rings is 1. The molecule has 27 heavy (non-hydrogen) atoms. The fraction of sp³-hybridized carbons (Fsp3) is 0.538. The lowest BCUT2D eigenvalue weighted by molar-refractivity contribution is -0.203. The molecule has 1 aliphatic rings. The number of hydrogen-bond acceptors (Lipinski definition) is 7. The average molecular weight is 436 g/mol. The SMILES string of the molecule is O=C(ONS(=O)(=O)c1cnc(OCC2(F)CCNCC2)c(Cl)c1)C(F)(F)F. The van der Waals surface area contributed by atoms with Gasteiger partial charge in [0.1, 0.15) is 22.2 Å². The quantitative estimate of drug-likeness (QED) is 0.515. The van der Waals surface area contributed by atoms with E-state index in [0.29, 0.717) is 19.3 Å². The van der Waals surface area contributed by atoms with E-state index in [2.05, 4.69) is 15.1 Å². The normalized spacial score (nSPS) is 17.4. The van der Waals surface area contributed by atoms with Crippen molar-refractivity contribution in [3.05, 3.63) is 17.3 Å². The number of carbonyl (C=O) groups excluding carboxylic acids is 1. The fourth-order valence-electron chi connectivity index (χ4n) is 2.08. The van der Waals surface area contributed by atoms with E-state index in [0.717, 1.165) is 11.0 Å². The Kier molecular flexibility index (Phi) is 6.50. The molecule has 2 heterocycles. The monoisotopic (exact) mass is 435 g/mol. The molecule has 0 spiro atoms. The van der Waals surface area contributed by atoms with Gasteiger partial charge in [0, 0.05) is 0 Å². The van der Waals surface area contributed by atoms with Gasteiger partial charge in [-0.2, -0.15) is 13.2 Å². The van der Waals surface area contributed by atoms with E-state index < -0.39 is 32.7 Å². The van der Waals surface area contributed by atoms with E-state index in [1.165, 1.54) is 0 Å². The Morgan fingerprint density at radius 3 is 2.56 bits per heavy atom. The van der Waals surface area contributed by atoms with Gasteiger partial charge in [0.2, 0.25) is 5.88 Å². The van der Waals surface area contributed by atoms with Crippen LogP contribution in [0.15, 0.2) is 17.2 Å². The summed E-state index contributed by atoms with van der Waals surface area (Å²) in [4.78, 5) is 18.0. The summed E-state index contributed by atoms with van der Waals surface area (Å²) in [5, 5.41) is 2.66. The number of pyridine rings is 1. The molecule has 14 heteroatoms. The van der Waals surface area contributed by atoms with Crippen molar-refractivity contribution in [1.29, 1.82) is 0 Å². The van der Waals surface area contributed by atoms with Crippen LogP contribution in [-0.4, -0.2) is 50.9 Å². The van der Waals surface area contributed by atoms with E-state index in [4.69, 9.17) is 16.3 Å². The molecule has 0 aliphatic carbocycles. The largest absolute Gasteiger partial charge is 0.492 e. The van der Waals surface area contributed by atoms with E-state index in [-0.39, 0.29) is 30.4 Å². The highest BCUT2D eigenvalue weighted by molar-refractivity contribution is 7.89. The Hall–Kier alpha value is -1.70. The van der Waals surface area contributed by atoms with E-state index in [9.17, 15) is 30.8 Å². The number of hydrogen-bond donors (Lipinski definition) is 2. The van der Waals surface area contributed by atoms with Crippen molar-refractivity contribution >= 4 is 27.6 Å². The number of nitrogens with one attached hydrogen (secondary N) is 2. The first-order chi connectivity index (χ1) is 12.4. The predicted octanol–water partition coefficient (Wildman–Crippen LogP) is 1.50. The zero-order chi connectivity index (χ0) is 20.3. The summed E-state index contributed by atoms with van der Waals surface area (Å²) in [7, 11) is -4.68. The zero-order valence-corrected chi connectivity index (χ0v) is 15.0. The molecular weight excluding hydrogens is 422 g/mol. The molecule has 1 aromatic heterocycles. The highest BCUT2D eigenvalue weighted by Crippen LogP contribution is 2.28. The van der Waals surface area contributed by atoms with Crippen molar-refractivity contribution in [1.82, 2.24) is 15.2 Å². The average Bonchev–Trinajstić information content (AvgIpc) is 2.58. The molecule has 0 radical (unpaired) electrons. The topological polar surface area (TPSA) is 107 Å². The van der Waals surface area contributed by atoms with Crippen LogP contribution in [0, 0.1) is 0 Å². The molecular formula is C13H14ClF4N3O5S. The highest BCUT2D eigenvalue weighted by Gasteiger charge is 2.42. The second-order valence-electron chi connectivity index (χ2n) is 5.62. The Labute approximate surface area is 156 Å². The number of nitrogens with zero attached hydrogens (tertiary/aromatic N) is 1. The molecule has 1 aromatic rings. The molecule has 2 N–H and O–H groups in total. The van der Waals surface area contributed by atoms with Gasteiger partial charge in [0.25, 0.3) is 10.0 Å². The standard InChI is InChI=1S/C13H14ClF4N3O5S/c14-9-5-8(27(23,24)21-26-11(22)13(16,17)18)6-20-10(9)25-7-12(15)1-3-19-4-2-12/h5-6,19,21H,1-4,7H2. The van der Waals surface area contributed by atoms with E-state index in [1.807, 2.05) is 0 Å². The van der Waals surface area contributed by atoms with Crippen LogP contribution < -0.4 is 14.9 Å². The van der Waals surface area contributed by atoms with Crippen LogP contribution in [0.3, 0.4) is 0 Å². The number of carbonyl (C=O) groups is 1. The molecule has 2 rings (SSSR count). The number of aromatic nitrogens is 1. The van der Waals surface area contributed by atoms with Gasteiger partial charge in [-0.05, 0) is 36.9 Å². The van der Waals surface area contributed by atoms with Gasteiger partial charge in [-0.15, -0.1) is 0 Å². The van der Waals surface area contributed by atoms with Crippen LogP contribution in [0.1, 0.15) is 12.8 Å². The Balaban J connectivity index is 2.03. The summed E-state index contributed by atoms with van der Waals surface area (Å²) in [5.74, 6) is -3.00. The van der Waals surface area contributed by atoms with E-state index >= 15 is 0 Å². The molecule has 0 aromatic carbocycles. The van der Waals surface area contributed by atoms with Gasteiger partial charge in [0.15, 0.2) is 0 Å². The first-order valence-electron chi connectivity index (χ1n) is 7.41. The Morgan fingerprint density at radius 2 is 2.00 bits per heavy atom. The highest BCUT2D eigenvalue weighted by atomic mass is 35.5. The Morgan fingerprint density at radius 1 is 1.37 bits per heavy atom. The lowest BCUT2D eigenvalue weighted by Gasteiger charge is -2.29. The molecule has 0 unspecified atom stereocenters. The first-order valence-corrected chi connectivity index (χ1v) is 9.27. The van der Waals surface area contributed by atoms with E-state index in [1.54, 1.807) is 0 Å². The molecule has 0 bridgehead atoms. The molecule has 0 atom stereocenters.